The van der Waals surface area contributed by atoms with E-state index in [0.29, 0.717) is 16.5 Å². The Labute approximate surface area is 151 Å². The Hall–Kier alpha value is -2.86. The molecule has 2 atom stereocenters. The summed E-state index contributed by atoms with van der Waals surface area (Å²) in [6.07, 6.45) is -0.239. The summed E-state index contributed by atoms with van der Waals surface area (Å²) in [6, 6.07) is 19.5. The number of thiocarbonyl (C=S) groups is 1. The van der Waals surface area contributed by atoms with Gasteiger partial charge in [-0.15, -0.1) is 0 Å². The van der Waals surface area contributed by atoms with Crippen molar-refractivity contribution >= 4 is 23.2 Å². The van der Waals surface area contributed by atoms with Gasteiger partial charge in [0.25, 0.3) is 5.91 Å². The zero-order chi connectivity index (χ0) is 17.4. The van der Waals surface area contributed by atoms with E-state index in [1.165, 1.54) is 0 Å². The van der Waals surface area contributed by atoms with Crippen LogP contribution in [0.3, 0.4) is 0 Å². The van der Waals surface area contributed by atoms with Crippen LogP contribution >= 0.6 is 12.2 Å². The van der Waals surface area contributed by atoms with Crippen molar-refractivity contribution in [2.75, 3.05) is 7.05 Å². The highest BCUT2D eigenvalue weighted by Gasteiger charge is 2.39. The van der Waals surface area contributed by atoms with Gasteiger partial charge >= 0.3 is 0 Å². The Morgan fingerprint density at radius 2 is 1.52 bits per heavy atom. The van der Waals surface area contributed by atoms with Crippen molar-refractivity contribution in [1.82, 2.24) is 20.9 Å². The van der Waals surface area contributed by atoms with E-state index >= 15 is 0 Å². The SMILES string of the molecule is CN1C(=O)C2=C(NC(=S)N[C@@H]2c2ccccc2)N[C@@H]1c1ccccc1. The number of hydrogen-bond acceptors (Lipinski definition) is 3. The summed E-state index contributed by atoms with van der Waals surface area (Å²) in [5, 5.41) is 10.3. The van der Waals surface area contributed by atoms with Gasteiger partial charge in [-0.25, -0.2) is 0 Å². The van der Waals surface area contributed by atoms with Gasteiger partial charge in [-0.3, -0.25) is 4.79 Å². The highest BCUT2D eigenvalue weighted by atomic mass is 32.1. The van der Waals surface area contributed by atoms with Crippen LogP contribution in [-0.2, 0) is 4.79 Å². The van der Waals surface area contributed by atoms with Gasteiger partial charge in [0, 0.05) is 7.05 Å². The van der Waals surface area contributed by atoms with Crippen molar-refractivity contribution in [2.24, 2.45) is 0 Å². The van der Waals surface area contributed by atoms with Crippen molar-refractivity contribution < 1.29 is 4.79 Å². The van der Waals surface area contributed by atoms with Gasteiger partial charge in [-0.1, -0.05) is 60.7 Å². The maximum Gasteiger partial charge on any atom is 0.257 e. The average molecular weight is 350 g/mol. The molecular formula is C19H18N4OS. The standard InChI is InChI=1S/C19H18N4OS/c1-23-17(13-10-6-3-7-11-13)21-16-14(18(23)24)15(20-19(25)22-16)12-8-4-2-5-9-12/h2-11,15,17,21H,1H3,(H2,20,22,25)/t15-,17+/m1/s1. The largest absolute Gasteiger partial charge is 0.351 e. The predicted octanol–water partition coefficient (Wildman–Crippen LogP) is 2.18. The number of hydrogen-bond donors (Lipinski definition) is 3. The molecular weight excluding hydrogens is 332 g/mol. The minimum absolute atomic E-state index is 0.0287. The molecule has 2 aliphatic heterocycles. The van der Waals surface area contributed by atoms with Crippen LogP contribution < -0.4 is 16.0 Å². The lowest BCUT2D eigenvalue weighted by Gasteiger charge is -2.42. The molecule has 0 saturated heterocycles. The van der Waals surface area contributed by atoms with E-state index in [4.69, 9.17) is 12.2 Å². The monoisotopic (exact) mass is 350 g/mol. The second-order valence-corrected chi connectivity index (χ2v) is 6.51. The molecule has 0 bridgehead atoms. The summed E-state index contributed by atoms with van der Waals surface area (Å²) in [7, 11) is 1.81. The van der Waals surface area contributed by atoms with Gasteiger partial charge in [0.1, 0.15) is 12.0 Å². The molecule has 0 unspecified atom stereocenters. The molecule has 4 rings (SSSR count). The lowest BCUT2D eigenvalue weighted by Crippen LogP contribution is -2.56. The third-order valence-electron chi connectivity index (χ3n) is 4.54. The smallest absolute Gasteiger partial charge is 0.257 e. The molecule has 0 saturated carbocycles. The van der Waals surface area contributed by atoms with E-state index < -0.39 is 0 Å². The van der Waals surface area contributed by atoms with Gasteiger partial charge in [-0.05, 0) is 23.3 Å². The van der Waals surface area contributed by atoms with Crippen LogP contribution in [0.4, 0.5) is 0 Å². The molecule has 25 heavy (non-hydrogen) atoms. The minimum atomic E-state index is -0.274. The predicted molar refractivity (Wildman–Crippen MR) is 100 cm³/mol. The summed E-state index contributed by atoms with van der Waals surface area (Å²) in [5.41, 5.74) is 2.67. The Morgan fingerprint density at radius 3 is 2.16 bits per heavy atom. The van der Waals surface area contributed by atoms with Gasteiger partial charge in [0.15, 0.2) is 5.11 Å². The first kappa shape index (κ1) is 15.7. The highest BCUT2D eigenvalue weighted by molar-refractivity contribution is 7.80. The van der Waals surface area contributed by atoms with E-state index in [0.717, 1.165) is 11.1 Å². The molecule has 5 nitrogen and oxygen atoms in total. The molecule has 3 N–H and O–H groups in total. The molecule has 2 aromatic carbocycles. The Balaban J connectivity index is 1.77. The summed E-state index contributed by atoms with van der Waals surface area (Å²) < 4.78 is 0. The fourth-order valence-corrected chi connectivity index (χ4v) is 3.51. The third kappa shape index (κ3) is 2.74. The first-order valence-electron chi connectivity index (χ1n) is 8.10. The first-order valence-corrected chi connectivity index (χ1v) is 8.51. The van der Waals surface area contributed by atoms with E-state index in [1.54, 1.807) is 4.90 Å². The van der Waals surface area contributed by atoms with E-state index in [-0.39, 0.29) is 18.1 Å². The average Bonchev–Trinajstić information content (AvgIpc) is 2.65. The molecule has 0 fully saturated rings. The van der Waals surface area contributed by atoms with E-state index in [1.807, 2.05) is 67.7 Å². The molecule has 0 radical (unpaired) electrons. The summed E-state index contributed by atoms with van der Waals surface area (Å²) >= 11 is 5.35. The number of nitrogens with zero attached hydrogens (tertiary/aromatic N) is 1. The van der Waals surface area contributed by atoms with E-state index in [9.17, 15) is 4.79 Å². The van der Waals surface area contributed by atoms with Crippen molar-refractivity contribution in [3.05, 3.63) is 83.2 Å². The lowest BCUT2D eigenvalue weighted by molar-refractivity contribution is -0.130. The zero-order valence-corrected chi connectivity index (χ0v) is 14.5. The summed E-state index contributed by atoms with van der Waals surface area (Å²) in [5.74, 6) is 0.647. The number of carbonyl (C=O) groups excluding carboxylic acids is 1. The second-order valence-electron chi connectivity index (χ2n) is 6.10. The van der Waals surface area contributed by atoms with Crippen LogP contribution in [0.1, 0.15) is 23.3 Å². The maximum absolute atomic E-state index is 13.1. The molecule has 0 spiro atoms. The van der Waals surface area contributed by atoms with Crippen molar-refractivity contribution in [1.29, 1.82) is 0 Å². The van der Waals surface area contributed by atoms with Crippen molar-refractivity contribution in [2.45, 2.75) is 12.2 Å². The second kappa shape index (κ2) is 6.22. The number of carbonyl (C=O) groups is 1. The number of benzene rings is 2. The molecule has 6 heteroatoms. The molecule has 2 aliphatic rings. The quantitative estimate of drug-likeness (QED) is 0.725. The van der Waals surface area contributed by atoms with Crippen molar-refractivity contribution in [3.8, 4) is 0 Å². The Morgan fingerprint density at radius 1 is 0.920 bits per heavy atom. The lowest BCUT2D eigenvalue weighted by atomic mass is 9.94. The topological polar surface area (TPSA) is 56.4 Å². The van der Waals surface area contributed by atoms with Gasteiger partial charge < -0.3 is 20.9 Å². The molecule has 2 aromatic rings. The fraction of sp³-hybridized carbons (Fsp3) is 0.158. The van der Waals surface area contributed by atoms with Crippen LogP contribution in [0.15, 0.2) is 72.1 Å². The molecule has 2 heterocycles. The number of rotatable bonds is 2. The molecule has 126 valence electrons. The molecule has 0 aliphatic carbocycles. The number of nitrogens with one attached hydrogen (secondary N) is 3. The fourth-order valence-electron chi connectivity index (χ4n) is 3.29. The minimum Gasteiger partial charge on any atom is -0.351 e. The Bertz CT molecular complexity index is 850. The third-order valence-corrected chi connectivity index (χ3v) is 4.76. The van der Waals surface area contributed by atoms with E-state index in [2.05, 4.69) is 16.0 Å². The zero-order valence-electron chi connectivity index (χ0n) is 13.7. The number of amides is 1. The van der Waals surface area contributed by atoms with Crippen LogP contribution in [0.25, 0.3) is 0 Å². The van der Waals surface area contributed by atoms with Crippen LogP contribution in [-0.4, -0.2) is 23.0 Å². The summed E-state index contributed by atoms with van der Waals surface area (Å²) in [4.78, 5) is 14.9. The summed E-state index contributed by atoms with van der Waals surface area (Å²) in [6.45, 7) is 0. The molecule has 0 aromatic heterocycles. The van der Waals surface area contributed by atoms with Gasteiger partial charge in [0.05, 0.1) is 11.6 Å². The van der Waals surface area contributed by atoms with Gasteiger partial charge in [-0.2, -0.15) is 0 Å². The normalized spacial score (nSPS) is 22.7. The van der Waals surface area contributed by atoms with Crippen LogP contribution in [0.2, 0.25) is 0 Å². The molecule has 1 amide bonds. The van der Waals surface area contributed by atoms with Crippen molar-refractivity contribution in [3.63, 3.8) is 0 Å². The Kier molecular flexibility index (Phi) is 3.89. The first-order chi connectivity index (χ1) is 12.1. The maximum atomic E-state index is 13.1. The number of likely N-dealkylation sites (N-methyl/N-ethyl adjacent to an activating group) is 1. The van der Waals surface area contributed by atoms with Gasteiger partial charge in [0.2, 0.25) is 0 Å². The van der Waals surface area contributed by atoms with Crippen LogP contribution in [0, 0.1) is 0 Å². The highest BCUT2D eigenvalue weighted by Crippen LogP contribution is 2.33. The van der Waals surface area contributed by atoms with Crippen LogP contribution in [0.5, 0.6) is 0 Å².